The van der Waals surface area contributed by atoms with Gasteiger partial charge in [0.15, 0.2) is 0 Å². The van der Waals surface area contributed by atoms with Crippen LogP contribution in [0.1, 0.15) is 57.8 Å². The van der Waals surface area contributed by atoms with Crippen molar-refractivity contribution in [1.82, 2.24) is 0 Å². The molecule has 0 aromatic heterocycles. The van der Waals surface area contributed by atoms with E-state index >= 15 is 0 Å². The second-order valence-electron chi connectivity index (χ2n) is 5.20. The van der Waals surface area contributed by atoms with E-state index in [1.807, 2.05) is 0 Å². The van der Waals surface area contributed by atoms with Gasteiger partial charge in [0.25, 0.3) is 0 Å². The first-order chi connectivity index (χ1) is 9.10. The highest BCUT2D eigenvalue weighted by molar-refractivity contribution is 4.86. The van der Waals surface area contributed by atoms with Crippen LogP contribution in [0.15, 0.2) is 0 Å². The van der Waals surface area contributed by atoms with Crippen molar-refractivity contribution in [2.75, 3.05) is 19.8 Å². The molecule has 0 saturated heterocycles. The van der Waals surface area contributed by atoms with E-state index in [2.05, 4.69) is 0 Å². The second-order valence-corrected chi connectivity index (χ2v) is 5.20. The van der Waals surface area contributed by atoms with Crippen LogP contribution in [-0.2, 0) is 0 Å². The standard InChI is InChI=1S/C14H30O5/c15-10-4-1-7-13(18)14(19,8-2-5-11-16)9-3-6-12-17/h13,15-19H,1-12H2. The molecule has 19 heavy (non-hydrogen) atoms. The summed E-state index contributed by atoms with van der Waals surface area (Å²) in [6, 6.07) is 0. The van der Waals surface area contributed by atoms with Gasteiger partial charge in [-0.2, -0.15) is 0 Å². The van der Waals surface area contributed by atoms with Crippen molar-refractivity contribution in [2.45, 2.75) is 69.5 Å². The van der Waals surface area contributed by atoms with Gasteiger partial charge in [-0.15, -0.1) is 0 Å². The second kappa shape index (κ2) is 11.6. The van der Waals surface area contributed by atoms with Gasteiger partial charge >= 0.3 is 0 Å². The maximum atomic E-state index is 10.6. The fourth-order valence-corrected chi connectivity index (χ4v) is 2.26. The molecule has 116 valence electrons. The van der Waals surface area contributed by atoms with Crippen LogP contribution in [0.25, 0.3) is 0 Å². The Kier molecular flexibility index (Phi) is 11.5. The summed E-state index contributed by atoms with van der Waals surface area (Å²) in [4.78, 5) is 0. The number of hydrogen-bond donors (Lipinski definition) is 5. The number of aliphatic hydroxyl groups is 5. The van der Waals surface area contributed by atoms with Crippen molar-refractivity contribution >= 4 is 0 Å². The monoisotopic (exact) mass is 278 g/mol. The van der Waals surface area contributed by atoms with E-state index in [1.54, 1.807) is 0 Å². The maximum absolute atomic E-state index is 10.6. The van der Waals surface area contributed by atoms with E-state index in [0.717, 1.165) is 0 Å². The van der Waals surface area contributed by atoms with Crippen LogP contribution in [0.4, 0.5) is 0 Å². The summed E-state index contributed by atoms with van der Waals surface area (Å²) in [5.74, 6) is 0. The molecule has 0 fully saturated rings. The Morgan fingerprint density at radius 3 is 1.53 bits per heavy atom. The van der Waals surface area contributed by atoms with Crippen LogP contribution in [0.5, 0.6) is 0 Å². The number of rotatable bonds is 13. The SMILES string of the molecule is OCCCCC(O)C(O)(CCCCO)CCCCO. The van der Waals surface area contributed by atoms with E-state index < -0.39 is 11.7 Å². The fraction of sp³-hybridized carbons (Fsp3) is 1.00. The zero-order valence-corrected chi connectivity index (χ0v) is 11.8. The normalized spacial score (nSPS) is 13.7. The Morgan fingerprint density at radius 2 is 1.11 bits per heavy atom. The summed E-state index contributed by atoms with van der Waals surface area (Å²) < 4.78 is 0. The predicted molar refractivity (Wildman–Crippen MR) is 73.8 cm³/mol. The van der Waals surface area contributed by atoms with Gasteiger partial charge in [-0.1, -0.05) is 0 Å². The molecule has 0 radical (unpaired) electrons. The highest BCUT2D eigenvalue weighted by atomic mass is 16.3. The Hall–Kier alpha value is -0.200. The summed E-state index contributed by atoms with van der Waals surface area (Å²) in [5.41, 5.74) is -1.14. The lowest BCUT2D eigenvalue weighted by molar-refractivity contribution is -0.0926. The lowest BCUT2D eigenvalue weighted by Gasteiger charge is -2.33. The van der Waals surface area contributed by atoms with Crippen molar-refractivity contribution in [3.8, 4) is 0 Å². The minimum absolute atomic E-state index is 0.0906. The van der Waals surface area contributed by atoms with E-state index in [4.69, 9.17) is 15.3 Å². The molecule has 0 spiro atoms. The molecule has 5 N–H and O–H groups in total. The van der Waals surface area contributed by atoms with Gasteiger partial charge in [-0.3, -0.25) is 0 Å². The molecule has 0 rings (SSSR count). The number of unbranched alkanes of at least 4 members (excludes halogenated alkanes) is 3. The zero-order valence-electron chi connectivity index (χ0n) is 11.8. The van der Waals surface area contributed by atoms with Gasteiger partial charge < -0.3 is 25.5 Å². The van der Waals surface area contributed by atoms with Gasteiger partial charge in [0.05, 0.1) is 11.7 Å². The summed E-state index contributed by atoms with van der Waals surface area (Å²) in [7, 11) is 0. The van der Waals surface area contributed by atoms with Crippen LogP contribution in [0, 0.1) is 0 Å². The first-order valence-electron chi connectivity index (χ1n) is 7.33. The van der Waals surface area contributed by atoms with E-state index in [-0.39, 0.29) is 19.8 Å². The van der Waals surface area contributed by atoms with Gasteiger partial charge in [-0.25, -0.2) is 0 Å². The summed E-state index contributed by atoms with van der Waals surface area (Å²) in [6.07, 6.45) is 4.45. The van der Waals surface area contributed by atoms with Crippen molar-refractivity contribution in [3.63, 3.8) is 0 Å². The van der Waals surface area contributed by atoms with Crippen LogP contribution in [-0.4, -0.2) is 57.1 Å². The Morgan fingerprint density at radius 1 is 0.684 bits per heavy atom. The third-order valence-electron chi connectivity index (χ3n) is 3.54. The Labute approximate surface area is 115 Å². The van der Waals surface area contributed by atoms with Gasteiger partial charge in [0.2, 0.25) is 0 Å². The third kappa shape index (κ3) is 8.55. The number of hydrogen-bond acceptors (Lipinski definition) is 5. The molecule has 0 aliphatic carbocycles. The minimum atomic E-state index is -1.14. The van der Waals surface area contributed by atoms with Crippen LogP contribution in [0.3, 0.4) is 0 Å². The highest BCUT2D eigenvalue weighted by Crippen LogP contribution is 2.28. The average Bonchev–Trinajstić information content (AvgIpc) is 2.39. The lowest BCUT2D eigenvalue weighted by atomic mass is 9.83. The molecule has 0 heterocycles. The lowest BCUT2D eigenvalue weighted by Crippen LogP contribution is -2.42. The van der Waals surface area contributed by atoms with Crippen LogP contribution in [0.2, 0.25) is 0 Å². The molecule has 1 atom stereocenters. The molecule has 0 aromatic carbocycles. The van der Waals surface area contributed by atoms with E-state index in [9.17, 15) is 10.2 Å². The molecule has 5 heteroatoms. The molecule has 5 nitrogen and oxygen atoms in total. The Bertz CT molecular complexity index is 188. The Balaban J connectivity index is 4.26. The molecular formula is C14H30O5. The van der Waals surface area contributed by atoms with Crippen LogP contribution >= 0.6 is 0 Å². The molecular weight excluding hydrogens is 248 g/mol. The molecule has 1 unspecified atom stereocenters. The topological polar surface area (TPSA) is 101 Å². The predicted octanol–water partition coefficient (Wildman–Crippen LogP) is 0.566. The fourth-order valence-electron chi connectivity index (χ4n) is 2.26. The van der Waals surface area contributed by atoms with Gasteiger partial charge in [0.1, 0.15) is 0 Å². The molecule has 0 bridgehead atoms. The maximum Gasteiger partial charge on any atom is 0.0905 e. The molecule has 0 amide bonds. The summed E-state index contributed by atoms with van der Waals surface area (Å²) in [6.45, 7) is 0.279. The van der Waals surface area contributed by atoms with E-state index in [1.165, 1.54) is 0 Å². The van der Waals surface area contributed by atoms with E-state index in [0.29, 0.717) is 57.8 Å². The first-order valence-corrected chi connectivity index (χ1v) is 7.33. The highest BCUT2D eigenvalue weighted by Gasteiger charge is 2.33. The third-order valence-corrected chi connectivity index (χ3v) is 3.54. The van der Waals surface area contributed by atoms with Crippen molar-refractivity contribution in [1.29, 1.82) is 0 Å². The summed E-state index contributed by atoms with van der Waals surface area (Å²) >= 11 is 0. The quantitative estimate of drug-likeness (QED) is 0.317. The first kappa shape index (κ1) is 18.8. The van der Waals surface area contributed by atoms with Gasteiger partial charge in [-0.05, 0) is 57.8 Å². The zero-order chi connectivity index (χ0) is 14.6. The summed E-state index contributed by atoms with van der Waals surface area (Å²) in [5, 5.41) is 47.0. The minimum Gasteiger partial charge on any atom is -0.396 e. The largest absolute Gasteiger partial charge is 0.396 e. The van der Waals surface area contributed by atoms with Crippen LogP contribution < -0.4 is 0 Å². The van der Waals surface area contributed by atoms with Gasteiger partial charge in [0, 0.05) is 19.8 Å². The smallest absolute Gasteiger partial charge is 0.0905 e. The molecule has 0 aliphatic rings. The van der Waals surface area contributed by atoms with Crippen molar-refractivity contribution in [3.05, 3.63) is 0 Å². The van der Waals surface area contributed by atoms with Crippen molar-refractivity contribution < 1.29 is 25.5 Å². The molecule has 0 saturated carbocycles. The average molecular weight is 278 g/mol. The molecule has 0 aliphatic heterocycles. The number of aliphatic hydroxyl groups excluding tert-OH is 4. The molecule has 0 aromatic rings. The van der Waals surface area contributed by atoms with Crippen molar-refractivity contribution in [2.24, 2.45) is 0 Å².